The summed E-state index contributed by atoms with van der Waals surface area (Å²) in [5.74, 6) is 1.02. The van der Waals surface area contributed by atoms with Gasteiger partial charge in [-0.1, -0.05) is 4.52 Å². The zero-order chi connectivity index (χ0) is 8.60. The zero-order valence-electron chi connectivity index (χ0n) is 6.19. The van der Waals surface area contributed by atoms with E-state index in [1.165, 1.54) is 5.41 Å². The molecule has 0 aromatic carbocycles. The van der Waals surface area contributed by atoms with Crippen molar-refractivity contribution in [2.45, 2.75) is 5.37 Å². The summed E-state index contributed by atoms with van der Waals surface area (Å²) in [6.45, 7) is 0.932. The van der Waals surface area contributed by atoms with Crippen LogP contribution in [0.1, 0.15) is 0 Å². The van der Waals surface area contributed by atoms with Crippen LogP contribution in [-0.2, 0) is 9.92 Å². The van der Waals surface area contributed by atoms with Gasteiger partial charge in [0.25, 0.3) is 0 Å². The Hall–Kier alpha value is -0.400. The molecule has 2 rings (SSSR count). The summed E-state index contributed by atoms with van der Waals surface area (Å²) < 4.78 is 21.5. The average Bonchev–Trinajstić information content (AvgIpc) is 2.55. The van der Waals surface area contributed by atoms with Crippen LogP contribution >= 0.6 is 11.8 Å². The van der Waals surface area contributed by atoms with Crippen LogP contribution < -0.4 is 5.32 Å². The lowest BCUT2D eigenvalue weighted by Gasteiger charge is -2.04. The van der Waals surface area contributed by atoms with Crippen LogP contribution in [0.5, 0.6) is 0 Å². The largest absolute Gasteiger partial charge is 0.299 e. The molecule has 2 aliphatic rings. The Morgan fingerprint density at radius 1 is 1.83 bits per heavy atom. The van der Waals surface area contributed by atoms with Gasteiger partial charge >= 0.3 is 0 Å². The highest BCUT2D eigenvalue weighted by Crippen LogP contribution is 2.27. The molecule has 1 saturated heterocycles. The predicted molar refractivity (Wildman–Crippen MR) is 48.0 cm³/mol. The third-order valence-corrected chi connectivity index (χ3v) is 3.61. The van der Waals surface area contributed by atoms with E-state index < -0.39 is 9.92 Å². The van der Waals surface area contributed by atoms with E-state index in [1.54, 1.807) is 11.8 Å². The number of hydrogen-bond acceptors (Lipinski definition) is 5. The van der Waals surface area contributed by atoms with E-state index in [0.29, 0.717) is 5.70 Å². The molecule has 0 bridgehead atoms. The Morgan fingerprint density at radius 2 is 2.67 bits per heavy atom. The number of rotatable bonds is 1. The van der Waals surface area contributed by atoms with Crippen molar-refractivity contribution in [2.75, 3.05) is 12.3 Å². The Labute approximate surface area is 74.8 Å². The maximum Gasteiger partial charge on any atom is 0.189 e. The van der Waals surface area contributed by atoms with Gasteiger partial charge in [0.05, 0.1) is 10.8 Å². The molecule has 1 fully saturated rings. The molecular weight excluding hydrogens is 196 g/mol. The minimum absolute atomic E-state index is 0.0856. The fourth-order valence-electron chi connectivity index (χ4n) is 1.05. The maximum absolute atomic E-state index is 11.0. The maximum atomic E-state index is 11.0. The fourth-order valence-corrected chi connectivity index (χ4v) is 2.90. The van der Waals surface area contributed by atoms with Gasteiger partial charge in [-0.2, -0.15) is 0 Å². The summed E-state index contributed by atoms with van der Waals surface area (Å²) >= 11 is 1.70. The quantitative estimate of drug-likeness (QED) is 0.666. The van der Waals surface area contributed by atoms with Crippen LogP contribution in [0.25, 0.3) is 0 Å². The van der Waals surface area contributed by atoms with Gasteiger partial charge < -0.3 is 0 Å². The second kappa shape index (κ2) is 2.82. The highest BCUT2D eigenvalue weighted by atomic mass is 32.2. The molecule has 2 heterocycles. The van der Waals surface area contributed by atoms with Gasteiger partial charge in [-0.05, 0) is 0 Å². The van der Waals surface area contributed by atoms with Crippen LogP contribution in [0.15, 0.2) is 20.7 Å². The van der Waals surface area contributed by atoms with Gasteiger partial charge in [0, 0.05) is 12.3 Å². The van der Waals surface area contributed by atoms with Crippen LogP contribution in [0, 0.1) is 4.78 Å². The van der Waals surface area contributed by atoms with E-state index in [4.69, 9.17) is 4.78 Å². The Bertz CT molecular complexity index is 338. The first-order chi connectivity index (χ1) is 5.67. The number of nitrogens with one attached hydrogen (secondary N) is 2. The van der Waals surface area contributed by atoms with Crippen molar-refractivity contribution < 1.29 is 4.21 Å². The molecule has 0 aromatic rings. The van der Waals surface area contributed by atoms with Gasteiger partial charge in [-0.15, -0.1) is 16.9 Å². The van der Waals surface area contributed by atoms with Crippen LogP contribution in [0.4, 0.5) is 0 Å². The minimum Gasteiger partial charge on any atom is -0.299 e. The lowest BCUT2D eigenvalue weighted by Crippen LogP contribution is -2.20. The summed E-state index contributed by atoms with van der Waals surface area (Å²) in [6.07, 6.45) is 0. The molecule has 2 atom stereocenters. The molecule has 7 heteroatoms. The van der Waals surface area contributed by atoms with Crippen LogP contribution in [0.3, 0.4) is 0 Å². The molecule has 0 spiro atoms. The smallest absolute Gasteiger partial charge is 0.189 e. The van der Waals surface area contributed by atoms with Gasteiger partial charge in [-0.3, -0.25) is 5.32 Å². The monoisotopic (exact) mass is 204 g/mol. The normalized spacial score (nSPS) is 40.3. The van der Waals surface area contributed by atoms with E-state index in [2.05, 4.69) is 15.0 Å². The predicted octanol–water partition coefficient (Wildman–Crippen LogP) is 0.918. The van der Waals surface area contributed by atoms with E-state index in [9.17, 15) is 4.21 Å². The lowest BCUT2D eigenvalue weighted by molar-refractivity contribution is 0.681. The second-order valence-corrected chi connectivity index (χ2v) is 5.25. The number of hydrogen-bond donors (Lipinski definition) is 2. The molecule has 2 aliphatic heterocycles. The molecule has 5 nitrogen and oxygen atoms in total. The van der Waals surface area contributed by atoms with Crippen LogP contribution in [0.2, 0.25) is 0 Å². The first kappa shape index (κ1) is 8.21. The van der Waals surface area contributed by atoms with Gasteiger partial charge in [0.1, 0.15) is 5.70 Å². The Morgan fingerprint density at radius 3 is 3.17 bits per heavy atom. The first-order valence-electron chi connectivity index (χ1n) is 3.46. The van der Waals surface area contributed by atoms with Crippen molar-refractivity contribution in [3.8, 4) is 0 Å². The molecule has 0 radical (unpaired) electrons. The SMILES string of the molecule is N=S1(=O)C=C(C2NCCS2)N=N1. The third kappa shape index (κ3) is 1.52. The highest BCUT2D eigenvalue weighted by Gasteiger charge is 2.24. The fraction of sp³-hybridized carbons (Fsp3) is 0.600. The van der Waals surface area contributed by atoms with Crippen LogP contribution in [-0.4, -0.2) is 21.9 Å². The summed E-state index contributed by atoms with van der Waals surface area (Å²) in [5, 5.41) is 8.30. The molecule has 0 aliphatic carbocycles. The van der Waals surface area contributed by atoms with Gasteiger partial charge in [0.15, 0.2) is 9.92 Å². The van der Waals surface area contributed by atoms with Gasteiger partial charge in [0.2, 0.25) is 0 Å². The van der Waals surface area contributed by atoms with E-state index in [-0.39, 0.29) is 5.37 Å². The van der Waals surface area contributed by atoms with Crippen molar-refractivity contribution in [3.05, 3.63) is 11.1 Å². The minimum atomic E-state index is -2.89. The average molecular weight is 204 g/mol. The van der Waals surface area contributed by atoms with E-state index >= 15 is 0 Å². The molecule has 0 saturated carbocycles. The lowest BCUT2D eigenvalue weighted by atomic mass is 10.5. The van der Waals surface area contributed by atoms with Crippen molar-refractivity contribution in [1.82, 2.24) is 5.32 Å². The zero-order valence-corrected chi connectivity index (χ0v) is 7.82. The van der Waals surface area contributed by atoms with E-state index in [0.717, 1.165) is 12.3 Å². The summed E-state index contributed by atoms with van der Waals surface area (Å²) in [7, 11) is -2.89. The molecule has 2 unspecified atom stereocenters. The molecular formula is C5H8N4OS2. The topological polar surface area (TPSA) is 77.7 Å². The Kier molecular flexibility index (Phi) is 1.93. The summed E-state index contributed by atoms with van der Waals surface area (Å²) in [6, 6.07) is 0. The molecule has 0 amide bonds. The number of nitrogens with zero attached hydrogens (tertiary/aromatic N) is 2. The highest BCUT2D eigenvalue weighted by molar-refractivity contribution is 8.00. The van der Waals surface area contributed by atoms with E-state index in [1.807, 2.05) is 0 Å². The Balaban J connectivity index is 2.22. The molecule has 12 heavy (non-hydrogen) atoms. The van der Waals surface area contributed by atoms with Gasteiger partial charge in [-0.25, -0.2) is 8.99 Å². The molecule has 2 N–H and O–H groups in total. The summed E-state index contributed by atoms with van der Waals surface area (Å²) in [5.41, 5.74) is 0.637. The number of thioether (sulfide) groups is 1. The first-order valence-corrected chi connectivity index (χ1v) is 6.08. The standard InChI is InChI=1S/C5H8N4OS2/c6-12(10)3-4(8-9-12)5-7-1-2-11-5/h3,5-7H,1-2H2. The van der Waals surface area contributed by atoms with Crippen molar-refractivity contribution in [3.63, 3.8) is 0 Å². The molecule has 66 valence electrons. The second-order valence-electron chi connectivity index (χ2n) is 2.50. The van der Waals surface area contributed by atoms with Crippen molar-refractivity contribution >= 4 is 21.7 Å². The van der Waals surface area contributed by atoms with Crippen molar-refractivity contribution in [2.24, 2.45) is 9.63 Å². The van der Waals surface area contributed by atoms with Crippen molar-refractivity contribution in [1.29, 1.82) is 4.78 Å². The summed E-state index contributed by atoms with van der Waals surface area (Å²) in [4.78, 5) is 0. The third-order valence-electron chi connectivity index (χ3n) is 1.54. The molecule has 0 aromatic heterocycles.